The summed E-state index contributed by atoms with van der Waals surface area (Å²) >= 11 is 5.85. The van der Waals surface area contributed by atoms with E-state index >= 15 is 0 Å². The lowest BCUT2D eigenvalue weighted by molar-refractivity contribution is -0.115. The van der Waals surface area contributed by atoms with Crippen molar-refractivity contribution >= 4 is 29.4 Å². The largest absolute Gasteiger partial charge is 0.493 e. The summed E-state index contributed by atoms with van der Waals surface area (Å²) in [6.45, 7) is 0.456. The molecule has 1 heterocycles. The molecule has 5 heteroatoms. The molecule has 4 nitrogen and oxygen atoms in total. The van der Waals surface area contributed by atoms with Gasteiger partial charge in [-0.3, -0.25) is 4.79 Å². The molecule has 0 saturated carbocycles. The summed E-state index contributed by atoms with van der Waals surface area (Å²) in [7, 11) is 0. The lowest BCUT2D eigenvalue weighted by Crippen LogP contribution is -2.25. The first-order valence-corrected chi connectivity index (χ1v) is 7.62. The summed E-state index contributed by atoms with van der Waals surface area (Å²) in [6, 6.07) is 16.8. The number of nitrogens with zero attached hydrogens (tertiary/aromatic N) is 1. The van der Waals surface area contributed by atoms with Gasteiger partial charge in [0, 0.05) is 11.4 Å². The number of nitrogens with one attached hydrogen (secondary N) is 1. The van der Waals surface area contributed by atoms with Crippen LogP contribution >= 0.6 is 11.6 Å². The second-order valence-corrected chi connectivity index (χ2v) is 5.44. The first-order valence-electron chi connectivity index (χ1n) is 7.25. The van der Waals surface area contributed by atoms with Crippen LogP contribution < -0.4 is 10.1 Å². The topological polar surface area (TPSA) is 50.7 Å². The number of hydrogen-bond acceptors (Lipinski definition) is 3. The van der Waals surface area contributed by atoms with Crippen LogP contribution in [0.5, 0.6) is 5.75 Å². The molecule has 1 N–H and O–H groups in total. The third kappa shape index (κ3) is 4.20. The molecule has 2 aromatic rings. The molecular weight excluding hydrogens is 312 g/mol. The van der Waals surface area contributed by atoms with Crippen LogP contribution in [0.3, 0.4) is 0 Å². The summed E-state index contributed by atoms with van der Waals surface area (Å²) in [5.74, 6) is 1.22. The van der Waals surface area contributed by atoms with Crippen LogP contribution in [0.15, 0.2) is 65.3 Å². The molecule has 0 bridgehead atoms. The van der Waals surface area contributed by atoms with Crippen molar-refractivity contribution in [3.63, 3.8) is 0 Å². The highest BCUT2D eigenvalue weighted by atomic mass is 35.5. The van der Waals surface area contributed by atoms with Crippen molar-refractivity contribution in [3.05, 3.63) is 70.9 Å². The van der Waals surface area contributed by atoms with E-state index < -0.39 is 0 Å². The number of amides is 1. The van der Waals surface area contributed by atoms with Crippen LogP contribution in [0.25, 0.3) is 6.08 Å². The van der Waals surface area contributed by atoms with Crippen molar-refractivity contribution in [2.75, 3.05) is 6.61 Å². The van der Waals surface area contributed by atoms with Gasteiger partial charge < -0.3 is 10.1 Å². The number of rotatable bonds is 5. The molecule has 23 heavy (non-hydrogen) atoms. The average molecular weight is 327 g/mol. The summed E-state index contributed by atoms with van der Waals surface area (Å²) in [4.78, 5) is 16.3. The van der Waals surface area contributed by atoms with E-state index in [9.17, 15) is 4.79 Å². The second-order valence-electron chi connectivity index (χ2n) is 5.01. The van der Waals surface area contributed by atoms with E-state index in [1.807, 2.05) is 42.5 Å². The number of halogens is 1. The van der Waals surface area contributed by atoms with E-state index in [1.165, 1.54) is 0 Å². The molecule has 0 fully saturated rings. The number of ether oxygens (including phenoxy) is 1. The van der Waals surface area contributed by atoms with E-state index in [1.54, 1.807) is 18.2 Å². The number of amidine groups is 1. The summed E-state index contributed by atoms with van der Waals surface area (Å²) < 4.78 is 5.60. The Morgan fingerprint density at radius 2 is 1.83 bits per heavy atom. The molecule has 1 aliphatic heterocycles. The van der Waals surface area contributed by atoms with E-state index in [0.29, 0.717) is 29.6 Å². The van der Waals surface area contributed by atoms with Crippen molar-refractivity contribution in [1.82, 2.24) is 5.32 Å². The molecule has 2 aromatic carbocycles. The van der Waals surface area contributed by atoms with Crippen molar-refractivity contribution in [2.24, 2.45) is 4.99 Å². The highest BCUT2D eigenvalue weighted by molar-refractivity contribution is 6.30. The molecule has 3 rings (SSSR count). The monoisotopic (exact) mass is 326 g/mol. The molecule has 0 aliphatic carbocycles. The lowest BCUT2D eigenvalue weighted by atomic mass is 10.2. The summed E-state index contributed by atoms with van der Waals surface area (Å²) in [6.07, 6.45) is 2.27. The molecule has 0 saturated heterocycles. The molecule has 0 aromatic heterocycles. The van der Waals surface area contributed by atoms with E-state index in [0.717, 1.165) is 11.3 Å². The Labute approximate surface area is 139 Å². The molecule has 1 aliphatic rings. The zero-order valence-corrected chi connectivity index (χ0v) is 13.1. The zero-order valence-electron chi connectivity index (χ0n) is 12.3. The Kier molecular flexibility index (Phi) is 4.74. The van der Waals surface area contributed by atoms with Gasteiger partial charge in [0.2, 0.25) is 0 Å². The van der Waals surface area contributed by atoms with Gasteiger partial charge in [-0.25, -0.2) is 4.99 Å². The Morgan fingerprint density at radius 1 is 1.09 bits per heavy atom. The van der Waals surface area contributed by atoms with Gasteiger partial charge in [0.15, 0.2) is 0 Å². The molecule has 0 spiro atoms. The van der Waals surface area contributed by atoms with Crippen molar-refractivity contribution in [1.29, 1.82) is 0 Å². The number of aliphatic imine (C=N–C) groups is 1. The van der Waals surface area contributed by atoms with Crippen LogP contribution in [-0.2, 0) is 4.79 Å². The van der Waals surface area contributed by atoms with Crippen molar-refractivity contribution in [2.45, 2.75) is 6.42 Å². The summed E-state index contributed by atoms with van der Waals surface area (Å²) in [5.41, 5.74) is 1.27. The van der Waals surface area contributed by atoms with Crippen LogP contribution in [0.2, 0.25) is 5.02 Å². The molecule has 0 atom stereocenters. The summed E-state index contributed by atoms with van der Waals surface area (Å²) in [5, 5.41) is 3.42. The van der Waals surface area contributed by atoms with Crippen LogP contribution in [0.1, 0.15) is 12.0 Å². The van der Waals surface area contributed by atoms with Crippen molar-refractivity contribution < 1.29 is 9.53 Å². The predicted octanol–water partition coefficient (Wildman–Crippen LogP) is 3.68. The predicted molar refractivity (Wildman–Crippen MR) is 91.6 cm³/mol. The van der Waals surface area contributed by atoms with E-state index in [4.69, 9.17) is 16.3 Å². The minimum absolute atomic E-state index is 0.199. The number of para-hydroxylation sites is 1. The van der Waals surface area contributed by atoms with Gasteiger partial charge in [0.1, 0.15) is 17.3 Å². The molecule has 116 valence electrons. The first-order chi connectivity index (χ1) is 11.2. The Balaban J connectivity index is 1.61. The van der Waals surface area contributed by atoms with Gasteiger partial charge >= 0.3 is 0 Å². The van der Waals surface area contributed by atoms with Crippen LogP contribution in [0.4, 0.5) is 0 Å². The standard InChI is InChI=1S/C18H15ClN2O2/c19-14-8-6-13(7-9-14)12-16-18(22)21-17(20-16)10-11-23-15-4-2-1-3-5-15/h1-9,12H,10-11H2,(H,20,21,22)/b16-12+. The number of benzene rings is 2. The fourth-order valence-corrected chi connectivity index (χ4v) is 2.26. The Hall–Kier alpha value is -2.59. The second kappa shape index (κ2) is 7.11. The molecular formula is C18H15ClN2O2. The van der Waals surface area contributed by atoms with E-state index in [2.05, 4.69) is 10.3 Å². The highest BCUT2D eigenvalue weighted by Crippen LogP contribution is 2.16. The number of carbonyl (C=O) groups is 1. The van der Waals surface area contributed by atoms with Crippen LogP contribution in [0, 0.1) is 0 Å². The molecule has 0 radical (unpaired) electrons. The van der Waals surface area contributed by atoms with E-state index in [-0.39, 0.29) is 5.91 Å². The van der Waals surface area contributed by atoms with Gasteiger partial charge in [0.05, 0.1) is 6.61 Å². The highest BCUT2D eigenvalue weighted by Gasteiger charge is 2.19. The molecule has 1 amide bonds. The van der Waals surface area contributed by atoms with Crippen molar-refractivity contribution in [3.8, 4) is 5.75 Å². The Bertz CT molecular complexity index is 752. The average Bonchev–Trinajstić information content (AvgIpc) is 2.90. The van der Waals surface area contributed by atoms with Gasteiger partial charge in [-0.1, -0.05) is 41.9 Å². The maximum atomic E-state index is 11.9. The number of carbonyl (C=O) groups excluding carboxylic acids is 1. The lowest BCUT2D eigenvalue weighted by Gasteiger charge is -2.05. The maximum absolute atomic E-state index is 11.9. The zero-order chi connectivity index (χ0) is 16.1. The fourth-order valence-electron chi connectivity index (χ4n) is 2.13. The van der Waals surface area contributed by atoms with Gasteiger partial charge in [-0.05, 0) is 35.9 Å². The first kappa shape index (κ1) is 15.3. The fraction of sp³-hybridized carbons (Fsp3) is 0.111. The third-order valence-corrected chi connectivity index (χ3v) is 3.52. The SMILES string of the molecule is O=C1NC(CCOc2ccccc2)=N/C1=C/c1ccc(Cl)cc1. The minimum atomic E-state index is -0.199. The van der Waals surface area contributed by atoms with Gasteiger partial charge in [-0.15, -0.1) is 0 Å². The Morgan fingerprint density at radius 3 is 2.57 bits per heavy atom. The van der Waals surface area contributed by atoms with Gasteiger partial charge in [0.25, 0.3) is 5.91 Å². The minimum Gasteiger partial charge on any atom is -0.493 e. The molecule has 0 unspecified atom stereocenters. The van der Waals surface area contributed by atoms with Gasteiger partial charge in [-0.2, -0.15) is 0 Å². The normalized spacial score (nSPS) is 15.4. The third-order valence-electron chi connectivity index (χ3n) is 3.27. The number of hydrogen-bond donors (Lipinski definition) is 1. The van der Waals surface area contributed by atoms with Crippen LogP contribution in [-0.4, -0.2) is 18.3 Å². The quantitative estimate of drug-likeness (QED) is 0.852. The maximum Gasteiger partial charge on any atom is 0.275 e. The smallest absolute Gasteiger partial charge is 0.275 e.